The van der Waals surface area contributed by atoms with Crippen molar-refractivity contribution >= 4 is 11.8 Å². The molecule has 0 atom stereocenters. The van der Waals surface area contributed by atoms with Gasteiger partial charge in [-0.3, -0.25) is 9.59 Å². The summed E-state index contributed by atoms with van der Waals surface area (Å²) in [6, 6.07) is 16.9. The number of hydrogen-bond acceptors (Lipinski definition) is 3. The number of ketones is 1. The number of aromatic nitrogens is 1. The molecule has 0 unspecified atom stereocenters. The van der Waals surface area contributed by atoms with Crippen LogP contribution in [0.3, 0.4) is 0 Å². The summed E-state index contributed by atoms with van der Waals surface area (Å²) in [6.45, 7) is 4.30. The molecule has 0 bridgehead atoms. The number of rotatable bonds is 7. The van der Waals surface area contributed by atoms with Crippen LogP contribution < -0.4 is 4.74 Å². The average Bonchev–Trinajstić information content (AvgIpc) is 3.03. The minimum Gasteiger partial charge on any atom is -0.489 e. The van der Waals surface area contributed by atoms with E-state index in [9.17, 15) is 9.59 Å². The lowest BCUT2D eigenvalue weighted by atomic mass is 9.98. The van der Waals surface area contributed by atoms with E-state index in [0.717, 1.165) is 22.4 Å². The van der Waals surface area contributed by atoms with Gasteiger partial charge in [-0.25, -0.2) is 0 Å². The van der Waals surface area contributed by atoms with Crippen LogP contribution in [0.2, 0.25) is 0 Å². The van der Waals surface area contributed by atoms with Crippen molar-refractivity contribution in [2.75, 3.05) is 0 Å². The zero-order chi connectivity index (χ0) is 20.3. The second-order valence-electron chi connectivity index (χ2n) is 6.80. The quantitative estimate of drug-likeness (QED) is 0.630. The highest BCUT2D eigenvalue weighted by molar-refractivity contribution is 6.09. The molecule has 1 heterocycles. The van der Waals surface area contributed by atoms with Crippen molar-refractivity contribution in [3.8, 4) is 5.75 Å². The van der Waals surface area contributed by atoms with Crippen LogP contribution in [-0.2, 0) is 24.9 Å². The van der Waals surface area contributed by atoms with Crippen molar-refractivity contribution in [2.24, 2.45) is 7.05 Å². The molecule has 28 heavy (non-hydrogen) atoms. The number of ether oxygens (including phenoxy) is 1. The molecule has 0 aliphatic carbocycles. The molecule has 0 saturated carbocycles. The molecule has 3 aromatic rings. The molecule has 144 valence electrons. The van der Waals surface area contributed by atoms with Crippen molar-refractivity contribution in [3.63, 3.8) is 0 Å². The van der Waals surface area contributed by atoms with Gasteiger partial charge in [0, 0.05) is 18.3 Å². The molecular formula is C23H23NO4. The minimum absolute atomic E-state index is 0.117. The van der Waals surface area contributed by atoms with Crippen molar-refractivity contribution in [2.45, 2.75) is 26.9 Å². The number of hydrogen-bond donors (Lipinski definition) is 1. The highest BCUT2D eigenvalue weighted by Gasteiger charge is 2.19. The third kappa shape index (κ3) is 3.98. The van der Waals surface area contributed by atoms with Gasteiger partial charge in [-0.1, -0.05) is 30.3 Å². The van der Waals surface area contributed by atoms with Crippen LogP contribution in [0.4, 0.5) is 0 Å². The second kappa shape index (κ2) is 8.13. The van der Waals surface area contributed by atoms with E-state index < -0.39 is 5.97 Å². The lowest BCUT2D eigenvalue weighted by Crippen LogP contribution is -2.13. The Morgan fingerprint density at radius 3 is 2.36 bits per heavy atom. The van der Waals surface area contributed by atoms with Crippen LogP contribution in [0.5, 0.6) is 5.75 Å². The van der Waals surface area contributed by atoms with Gasteiger partial charge < -0.3 is 14.4 Å². The maximum Gasteiger partial charge on any atom is 0.309 e. The summed E-state index contributed by atoms with van der Waals surface area (Å²) in [5.74, 6) is -0.308. The zero-order valence-corrected chi connectivity index (χ0v) is 16.2. The molecule has 0 amide bonds. The van der Waals surface area contributed by atoms with Crippen LogP contribution in [-0.4, -0.2) is 21.4 Å². The van der Waals surface area contributed by atoms with E-state index in [1.54, 1.807) is 29.8 Å². The Morgan fingerprint density at radius 2 is 1.68 bits per heavy atom. The molecule has 2 aromatic carbocycles. The molecule has 3 rings (SSSR count). The van der Waals surface area contributed by atoms with E-state index in [2.05, 4.69) is 0 Å². The van der Waals surface area contributed by atoms with Crippen LogP contribution in [0.1, 0.15) is 38.4 Å². The van der Waals surface area contributed by atoms with Gasteiger partial charge in [-0.05, 0) is 54.8 Å². The molecule has 1 N–H and O–H groups in total. The monoisotopic (exact) mass is 377 g/mol. The molecule has 0 fully saturated rings. The Balaban J connectivity index is 1.83. The first-order valence-corrected chi connectivity index (χ1v) is 9.06. The maximum absolute atomic E-state index is 13.0. The summed E-state index contributed by atoms with van der Waals surface area (Å²) < 4.78 is 7.58. The van der Waals surface area contributed by atoms with E-state index in [-0.39, 0.29) is 12.2 Å². The highest BCUT2D eigenvalue weighted by Crippen LogP contribution is 2.27. The summed E-state index contributed by atoms with van der Waals surface area (Å²) >= 11 is 0. The van der Waals surface area contributed by atoms with Crippen LogP contribution in [0, 0.1) is 13.8 Å². The molecule has 5 heteroatoms. The summed E-state index contributed by atoms with van der Waals surface area (Å²) in [4.78, 5) is 24.0. The lowest BCUT2D eigenvalue weighted by Gasteiger charge is -2.14. The molecule has 1 aromatic heterocycles. The maximum atomic E-state index is 13.0. The summed E-state index contributed by atoms with van der Waals surface area (Å²) in [5, 5.41) is 8.99. The fourth-order valence-electron chi connectivity index (χ4n) is 3.19. The average molecular weight is 377 g/mol. The number of nitrogens with zero attached hydrogens (tertiary/aromatic N) is 1. The molecular weight excluding hydrogens is 354 g/mol. The normalized spacial score (nSPS) is 10.7. The molecule has 0 saturated heterocycles. The lowest BCUT2D eigenvalue weighted by molar-refractivity contribution is -0.136. The molecule has 0 aliphatic rings. The van der Waals surface area contributed by atoms with E-state index in [1.165, 1.54) is 0 Å². The second-order valence-corrected chi connectivity index (χ2v) is 6.80. The third-order valence-corrected chi connectivity index (χ3v) is 5.01. The highest BCUT2D eigenvalue weighted by atomic mass is 16.5. The van der Waals surface area contributed by atoms with Gasteiger partial charge in [0.05, 0.1) is 12.1 Å². The van der Waals surface area contributed by atoms with E-state index in [1.807, 2.05) is 50.2 Å². The zero-order valence-electron chi connectivity index (χ0n) is 16.2. The predicted molar refractivity (Wildman–Crippen MR) is 107 cm³/mol. The molecule has 0 aliphatic heterocycles. The summed E-state index contributed by atoms with van der Waals surface area (Å²) in [6.07, 6.45) is -0.117. The summed E-state index contributed by atoms with van der Waals surface area (Å²) in [5.41, 5.74) is 4.50. The van der Waals surface area contributed by atoms with Crippen molar-refractivity contribution in [1.82, 2.24) is 4.57 Å². The first kappa shape index (κ1) is 19.4. The van der Waals surface area contributed by atoms with Crippen molar-refractivity contribution < 1.29 is 19.4 Å². The SMILES string of the molecule is Cc1c(OCc2ccccc2)ccc(C(=O)c2ccc(CC(=O)O)n2C)c1C. The van der Waals surface area contributed by atoms with Crippen LogP contribution in [0.15, 0.2) is 54.6 Å². The topological polar surface area (TPSA) is 68.5 Å². The minimum atomic E-state index is -0.924. The predicted octanol–water partition coefficient (Wildman–Crippen LogP) is 4.08. The number of carbonyl (C=O) groups excluding carboxylic acids is 1. The first-order chi connectivity index (χ1) is 13.4. The van der Waals surface area contributed by atoms with Gasteiger partial charge in [0.15, 0.2) is 0 Å². The van der Waals surface area contributed by atoms with Gasteiger partial charge in [0.25, 0.3) is 0 Å². The van der Waals surface area contributed by atoms with Crippen molar-refractivity contribution in [1.29, 1.82) is 0 Å². The van der Waals surface area contributed by atoms with E-state index in [4.69, 9.17) is 9.84 Å². The van der Waals surface area contributed by atoms with E-state index >= 15 is 0 Å². The largest absolute Gasteiger partial charge is 0.489 e. The Kier molecular flexibility index (Phi) is 5.64. The van der Waals surface area contributed by atoms with Gasteiger partial charge >= 0.3 is 5.97 Å². The van der Waals surface area contributed by atoms with Gasteiger partial charge in [-0.2, -0.15) is 0 Å². The van der Waals surface area contributed by atoms with Crippen LogP contribution in [0.25, 0.3) is 0 Å². The Bertz CT molecular complexity index is 1020. The molecule has 0 radical (unpaired) electrons. The number of carboxylic acids is 1. The van der Waals surface area contributed by atoms with Crippen molar-refractivity contribution in [3.05, 3.63) is 88.2 Å². The Morgan fingerprint density at radius 1 is 0.964 bits per heavy atom. The third-order valence-electron chi connectivity index (χ3n) is 5.01. The Hall–Kier alpha value is -3.34. The smallest absolute Gasteiger partial charge is 0.309 e. The summed E-state index contributed by atoms with van der Waals surface area (Å²) in [7, 11) is 1.71. The standard InChI is InChI=1S/C23H23NO4/c1-15-16(2)21(28-14-17-7-5-4-6-8-17)12-10-19(15)23(27)20-11-9-18(24(20)3)13-22(25)26/h4-12H,13-14H2,1-3H3,(H,25,26). The first-order valence-electron chi connectivity index (χ1n) is 9.06. The van der Waals surface area contributed by atoms with E-state index in [0.29, 0.717) is 23.6 Å². The van der Waals surface area contributed by atoms with Gasteiger partial charge in [-0.15, -0.1) is 0 Å². The van der Waals surface area contributed by atoms with Gasteiger partial charge in [0.1, 0.15) is 12.4 Å². The fraction of sp³-hybridized carbons (Fsp3) is 0.217. The number of benzene rings is 2. The molecule has 5 nitrogen and oxygen atoms in total. The van der Waals surface area contributed by atoms with Crippen LogP contribution >= 0.6 is 0 Å². The fourth-order valence-corrected chi connectivity index (χ4v) is 3.19. The Labute approximate surface area is 164 Å². The van der Waals surface area contributed by atoms with Gasteiger partial charge in [0.2, 0.25) is 5.78 Å². The number of carbonyl (C=O) groups is 2. The number of aliphatic carboxylic acids is 1. The number of carboxylic acid groups (broad SMARTS) is 1. The molecule has 0 spiro atoms.